The van der Waals surface area contributed by atoms with Crippen LogP contribution < -0.4 is 10.1 Å². The van der Waals surface area contributed by atoms with E-state index in [1.807, 2.05) is 12.1 Å². The molecule has 0 amide bonds. The number of Topliss-reactive ketones (excluding diaryl/α,β-unsaturated/α-hetero) is 1. The van der Waals surface area contributed by atoms with E-state index in [-0.39, 0.29) is 23.3 Å². The number of benzene rings is 2. The Balaban J connectivity index is 1.68. The van der Waals surface area contributed by atoms with Crippen molar-refractivity contribution >= 4 is 15.8 Å². The molecule has 0 radical (unpaired) electrons. The summed E-state index contributed by atoms with van der Waals surface area (Å²) in [5, 5.41) is 3.31. The van der Waals surface area contributed by atoms with Gasteiger partial charge in [-0.15, -0.1) is 0 Å². The minimum atomic E-state index is -3.63. The molecule has 1 heterocycles. The number of hydrogen-bond acceptors (Lipinski definition) is 6. The lowest BCUT2D eigenvalue weighted by atomic mass is 9.94. The van der Waals surface area contributed by atoms with Gasteiger partial charge in [0.1, 0.15) is 5.75 Å². The van der Waals surface area contributed by atoms with E-state index < -0.39 is 10.0 Å². The van der Waals surface area contributed by atoms with Gasteiger partial charge in [0, 0.05) is 31.2 Å². The van der Waals surface area contributed by atoms with E-state index in [4.69, 9.17) is 4.74 Å². The van der Waals surface area contributed by atoms with Crippen molar-refractivity contribution in [1.29, 1.82) is 0 Å². The highest BCUT2D eigenvalue weighted by Gasteiger charge is 2.32. The average Bonchev–Trinajstić information content (AvgIpc) is 2.88. The molecular formula is C28H41N3O4S. The molecule has 0 aliphatic carbocycles. The molecule has 1 aliphatic heterocycles. The third-order valence-corrected chi connectivity index (χ3v) is 8.83. The number of methoxy groups -OCH3 is 1. The van der Waals surface area contributed by atoms with Crippen LogP contribution in [0.25, 0.3) is 0 Å². The normalized spacial score (nSPS) is 19.8. The largest absolute Gasteiger partial charge is 0.497 e. The predicted molar refractivity (Wildman–Crippen MR) is 144 cm³/mol. The summed E-state index contributed by atoms with van der Waals surface area (Å²) in [4.78, 5) is 15.5. The quantitative estimate of drug-likeness (QED) is 0.427. The number of nitrogens with one attached hydrogen (secondary N) is 1. The zero-order chi connectivity index (χ0) is 26.3. The van der Waals surface area contributed by atoms with Crippen LogP contribution in [0.15, 0.2) is 53.4 Å². The van der Waals surface area contributed by atoms with Gasteiger partial charge >= 0.3 is 0 Å². The van der Waals surface area contributed by atoms with Gasteiger partial charge < -0.3 is 10.1 Å². The SMILES string of the molecule is CCN(CC)C(CNCC(=O)c1cccc(S(=O)(=O)N2CC(C)CC(C)C2)c1)c1ccc(OC)cc1. The summed E-state index contributed by atoms with van der Waals surface area (Å²) in [6.07, 6.45) is 1.03. The number of likely N-dealkylation sites (N-methyl/N-ethyl adjacent to an activating group) is 1. The molecule has 36 heavy (non-hydrogen) atoms. The number of rotatable bonds is 12. The molecule has 1 fully saturated rings. The first-order chi connectivity index (χ1) is 17.2. The fourth-order valence-electron chi connectivity index (χ4n) is 5.15. The first-order valence-corrected chi connectivity index (χ1v) is 14.4. The Hall–Kier alpha value is -2.26. The number of hydrogen-bond donors (Lipinski definition) is 1. The monoisotopic (exact) mass is 515 g/mol. The maximum atomic E-state index is 13.3. The molecule has 198 valence electrons. The minimum absolute atomic E-state index is 0.105. The molecule has 3 rings (SSSR count). The molecule has 0 bridgehead atoms. The van der Waals surface area contributed by atoms with Gasteiger partial charge in [-0.3, -0.25) is 9.69 Å². The molecule has 0 saturated carbocycles. The molecule has 1 saturated heterocycles. The smallest absolute Gasteiger partial charge is 0.243 e. The molecule has 7 nitrogen and oxygen atoms in total. The standard InChI is InChI=1S/C28H41N3O4S/c1-6-30(7-2)27(23-11-13-25(35-5)14-12-23)17-29-18-28(32)24-9-8-10-26(16-24)36(33,34)31-19-21(3)15-22(4)20-31/h8-14,16,21-22,27,29H,6-7,15,17-20H2,1-5H3. The Morgan fingerprint density at radius 2 is 1.72 bits per heavy atom. The summed E-state index contributed by atoms with van der Waals surface area (Å²) in [5.74, 6) is 1.33. The number of nitrogens with zero attached hydrogens (tertiary/aromatic N) is 2. The van der Waals surface area contributed by atoms with E-state index in [1.54, 1.807) is 29.6 Å². The Morgan fingerprint density at radius 1 is 1.08 bits per heavy atom. The third kappa shape index (κ3) is 6.94. The minimum Gasteiger partial charge on any atom is -0.497 e. The molecule has 1 N–H and O–H groups in total. The summed E-state index contributed by atoms with van der Waals surface area (Å²) in [6.45, 7) is 12.0. The number of carbonyl (C=O) groups is 1. The van der Waals surface area contributed by atoms with E-state index in [1.165, 1.54) is 6.07 Å². The second-order valence-electron chi connectivity index (χ2n) is 9.86. The van der Waals surface area contributed by atoms with Gasteiger partial charge in [-0.1, -0.05) is 52.0 Å². The highest BCUT2D eigenvalue weighted by Crippen LogP contribution is 2.27. The van der Waals surface area contributed by atoms with Crippen LogP contribution in [-0.2, 0) is 10.0 Å². The molecule has 3 atom stereocenters. The second-order valence-corrected chi connectivity index (χ2v) is 11.8. The first-order valence-electron chi connectivity index (χ1n) is 12.9. The highest BCUT2D eigenvalue weighted by atomic mass is 32.2. The number of sulfonamides is 1. The van der Waals surface area contributed by atoms with Gasteiger partial charge in [0.2, 0.25) is 10.0 Å². The summed E-state index contributed by atoms with van der Waals surface area (Å²) in [6, 6.07) is 14.6. The lowest BCUT2D eigenvalue weighted by Gasteiger charge is -2.34. The molecule has 0 spiro atoms. The van der Waals surface area contributed by atoms with Crippen LogP contribution in [0.1, 0.15) is 56.1 Å². The van der Waals surface area contributed by atoms with E-state index >= 15 is 0 Å². The highest BCUT2D eigenvalue weighted by molar-refractivity contribution is 7.89. The first kappa shape index (κ1) is 28.3. The van der Waals surface area contributed by atoms with Gasteiger partial charge in [0.25, 0.3) is 0 Å². The zero-order valence-corrected chi connectivity index (χ0v) is 23.1. The predicted octanol–water partition coefficient (Wildman–Crippen LogP) is 4.22. The van der Waals surface area contributed by atoms with E-state index in [9.17, 15) is 13.2 Å². The van der Waals surface area contributed by atoms with Crippen molar-refractivity contribution in [2.45, 2.75) is 45.1 Å². The van der Waals surface area contributed by atoms with Crippen molar-refractivity contribution in [3.8, 4) is 5.75 Å². The summed E-state index contributed by atoms with van der Waals surface area (Å²) in [7, 11) is -1.98. The maximum absolute atomic E-state index is 13.3. The van der Waals surface area contributed by atoms with Crippen LogP contribution in [0.2, 0.25) is 0 Å². The van der Waals surface area contributed by atoms with Crippen molar-refractivity contribution in [2.24, 2.45) is 11.8 Å². The number of ether oxygens (including phenoxy) is 1. The molecule has 1 aliphatic rings. The van der Waals surface area contributed by atoms with Crippen LogP contribution in [0.4, 0.5) is 0 Å². The lowest BCUT2D eigenvalue weighted by Crippen LogP contribution is -2.42. The number of carbonyl (C=O) groups excluding carboxylic acids is 1. The van der Waals surface area contributed by atoms with Gasteiger partial charge in [0.05, 0.1) is 18.6 Å². The van der Waals surface area contributed by atoms with Crippen molar-refractivity contribution in [3.63, 3.8) is 0 Å². The van der Waals surface area contributed by atoms with Gasteiger partial charge in [-0.2, -0.15) is 4.31 Å². The Bertz CT molecular complexity index is 1090. The van der Waals surface area contributed by atoms with Crippen LogP contribution in [0.5, 0.6) is 5.75 Å². The van der Waals surface area contributed by atoms with Crippen LogP contribution >= 0.6 is 0 Å². The maximum Gasteiger partial charge on any atom is 0.243 e. The van der Waals surface area contributed by atoms with Crippen LogP contribution in [0.3, 0.4) is 0 Å². The van der Waals surface area contributed by atoms with Gasteiger partial charge in [-0.25, -0.2) is 8.42 Å². The Kier molecular flexibility index (Phi) is 10.1. The summed E-state index contributed by atoms with van der Waals surface area (Å²) < 4.78 is 33.4. The molecule has 2 aromatic rings. The van der Waals surface area contributed by atoms with Crippen molar-refractivity contribution in [1.82, 2.24) is 14.5 Å². The van der Waals surface area contributed by atoms with Gasteiger partial charge in [-0.05, 0) is 61.2 Å². The molecule has 2 aromatic carbocycles. The number of ketones is 1. The van der Waals surface area contributed by atoms with E-state index in [2.05, 4.69) is 50.0 Å². The van der Waals surface area contributed by atoms with Crippen molar-refractivity contribution in [3.05, 3.63) is 59.7 Å². The molecular weight excluding hydrogens is 474 g/mol. The third-order valence-electron chi connectivity index (χ3n) is 7.01. The Morgan fingerprint density at radius 3 is 2.31 bits per heavy atom. The zero-order valence-electron chi connectivity index (χ0n) is 22.2. The Labute approximate surface area is 216 Å². The number of piperidine rings is 1. The molecule has 0 aromatic heterocycles. The molecule has 8 heteroatoms. The van der Waals surface area contributed by atoms with E-state index in [0.29, 0.717) is 37.0 Å². The van der Waals surface area contributed by atoms with Crippen LogP contribution in [-0.4, -0.2) is 69.8 Å². The van der Waals surface area contributed by atoms with Crippen molar-refractivity contribution < 1.29 is 17.9 Å². The molecule has 3 unspecified atom stereocenters. The van der Waals surface area contributed by atoms with Gasteiger partial charge in [0.15, 0.2) is 5.78 Å². The topological polar surface area (TPSA) is 79.0 Å². The van der Waals surface area contributed by atoms with Crippen molar-refractivity contribution in [2.75, 3.05) is 46.4 Å². The summed E-state index contributed by atoms with van der Waals surface area (Å²) >= 11 is 0. The fourth-order valence-corrected chi connectivity index (χ4v) is 6.88. The fraction of sp³-hybridized carbons (Fsp3) is 0.536. The average molecular weight is 516 g/mol. The second kappa shape index (κ2) is 12.8. The van der Waals surface area contributed by atoms with E-state index in [0.717, 1.165) is 30.8 Å². The lowest BCUT2D eigenvalue weighted by molar-refractivity contribution is 0.0986. The summed E-state index contributed by atoms with van der Waals surface area (Å²) in [5.41, 5.74) is 1.56. The van der Waals surface area contributed by atoms with Crippen LogP contribution in [0, 0.1) is 11.8 Å².